The lowest BCUT2D eigenvalue weighted by Crippen LogP contribution is -2.66. The van der Waals surface area contributed by atoms with Crippen molar-refractivity contribution < 1.29 is 33.0 Å². The Balaban J connectivity index is 1.21. The van der Waals surface area contributed by atoms with Gasteiger partial charge in [0.2, 0.25) is 5.89 Å². The maximum absolute atomic E-state index is 15.0. The fourth-order valence-corrected chi connectivity index (χ4v) is 13.0. The van der Waals surface area contributed by atoms with E-state index in [0.29, 0.717) is 30.6 Å². The quantitative estimate of drug-likeness (QED) is 0.278. The second-order valence-electron chi connectivity index (χ2n) is 19.5. The molecule has 1 heterocycles. The highest BCUT2D eigenvalue weighted by atomic mass is 35.5. The molecule has 1 aromatic heterocycles. The smallest absolute Gasteiger partial charge is 0.309 e. The van der Waals surface area contributed by atoms with Gasteiger partial charge in [0, 0.05) is 16.9 Å². The topological polar surface area (TPSA) is 120 Å². The first-order chi connectivity index (χ1) is 24.6. The Morgan fingerprint density at radius 3 is 2.38 bits per heavy atom. The minimum atomic E-state index is -1.18. The van der Waals surface area contributed by atoms with Crippen LogP contribution in [0.15, 0.2) is 33.8 Å². The number of carbonyl (C=O) groups excluding carboxylic acids is 2. The van der Waals surface area contributed by atoms with Crippen LogP contribution in [0, 0.1) is 56.6 Å². The zero-order valence-electron chi connectivity index (χ0n) is 32.8. The molecule has 5 aliphatic carbocycles. The van der Waals surface area contributed by atoms with E-state index < -0.39 is 28.6 Å². The molecule has 0 radical (unpaired) electrons. The molecule has 5 aliphatic rings. The average molecular weight is 751 g/mol. The van der Waals surface area contributed by atoms with E-state index in [2.05, 4.69) is 58.7 Å². The third kappa shape index (κ3) is 5.50. The van der Waals surface area contributed by atoms with Crippen LogP contribution < -0.4 is 0 Å². The molecular formula is C43H56ClFN2O6. The largest absolute Gasteiger partial charge is 0.481 e. The molecule has 0 aliphatic heterocycles. The Labute approximate surface area is 318 Å². The van der Waals surface area contributed by atoms with Crippen LogP contribution in [-0.2, 0) is 24.5 Å². The number of carboxylic acids is 1. The lowest BCUT2D eigenvalue weighted by molar-refractivity contribution is -0.232. The van der Waals surface area contributed by atoms with Crippen LogP contribution in [0.5, 0.6) is 0 Å². The number of aliphatic carboxylic acids is 1. The Morgan fingerprint density at radius 2 is 1.72 bits per heavy atom. The Kier molecular flexibility index (Phi) is 8.99. The molecule has 53 heavy (non-hydrogen) atoms. The maximum atomic E-state index is 15.0. The third-order valence-corrected chi connectivity index (χ3v) is 16.0. The van der Waals surface area contributed by atoms with Crippen molar-refractivity contribution in [3.63, 3.8) is 0 Å². The van der Waals surface area contributed by atoms with E-state index in [9.17, 15) is 23.9 Å². The average Bonchev–Trinajstić information content (AvgIpc) is 3.66. The molecule has 1 N–H and O–H groups in total. The molecule has 2 aromatic rings. The number of nitrogens with zero attached hydrogens (tertiary/aromatic N) is 2. The van der Waals surface area contributed by atoms with Gasteiger partial charge in [0.15, 0.2) is 5.78 Å². The van der Waals surface area contributed by atoms with E-state index in [-0.39, 0.29) is 68.3 Å². The van der Waals surface area contributed by atoms with Crippen molar-refractivity contribution in [3.8, 4) is 11.5 Å². The number of aromatic nitrogens is 2. The number of halogens is 2. The van der Waals surface area contributed by atoms with Crippen LogP contribution in [0.3, 0.4) is 0 Å². The van der Waals surface area contributed by atoms with Crippen LogP contribution in [0.25, 0.3) is 11.5 Å². The van der Waals surface area contributed by atoms with Gasteiger partial charge in [-0.3, -0.25) is 14.4 Å². The number of hydrogen-bond donors (Lipinski definition) is 1. The fraction of sp³-hybridized carbons (Fsp3) is 0.698. The van der Waals surface area contributed by atoms with E-state index in [1.807, 2.05) is 0 Å². The van der Waals surface area contributed by atoms with Gasteiger partial charge in [-0.25, -0.2) is 4.39 Å². The first-order valence-electron chi connectivity index (χ1n) is 19.6. The van der Waals surface area contributed by atoms with Crippen LogP contribution >= 0.6 is 11.6 Å². The summed E-state index contributed by atoms with van der Waals surface area (Å²) >= 11 is 6.03. The SMILES string of the molecule is CC(C)C1=C2C3CCC4C5(C)CCC(OC(=O)CC(C)(C)C(=O)O)C(C)(C)C5CCC4(C)C3(C)CCC2(c2nnc(-c3ccc(Cl)cc3F)o2)CC1=O. The number of Topliss-reactive ketones (excluding diaryl/α,β-unsaturated/α-hetero) is 1. The zero-order valence-corrected chi connectivity index (χ0v) is 33.6. The van der Waals surface area contributed by atoms with Crippen molar-refractivity contribution >= 4 is 29.3 Å². The van der Waals surface area contributed by atoms with Gasteiger partial charge in [0.25, 0.3) is 5.89 Å². The van der Waals surface area contributed by atoms with Gasteiger partial charge in [0.1, 0.15) is 11.9 Å². The van der Waals surface area contributed by atoms with Gasteiger partial charge in [-0.1, -0.05) is 60.1 Å². The van der Waals surface area contributed by atoms with Crippen LogP contribution in [0.4, 0.5) is 4.39 Å². The highest BCUT2D eigenvalue weighted by Crippen LogP contribution is 2.76. The summed E-state index contributed by atoms with van der Waals surface area (Å²) in [6.45, 7) is 19.3. The van der Waals surface area contributed by atoms with Gasteiger partial charge in [-0.2, -0.15) is 0 Å². The minimum absolute atomic E-state index is 0.00834. The van der Waals surface area contributed by atoms with Gasteiger partial charge >= 0.3 is 11.9 Å². The molecule has 0 bridgehead atoms. The number of ether oxygens (including phenoxy) is 1. The highest BCUT2D eigenvalue weighted by Gasteiger charge is 2.71. The van der Waals surface area contributed by atoms with Crippen molar-refractivity contribution in [2.45, 2.75) is 138 Å². The molecule has 4 fully saturated rings. The van der Waals surface area contributed by atoms with Gasteiger partial charge < -0.3 is 14.3 Å². The molecule has 0 spiro atoms. The standard InChI is InChI=1S/C43H56ClFN2O6/c1-23(2)33-28(48)21-43(36-47-46-35(53-36)25-11-10-24(44)20-27(25)45)19-18-41(8)26(34(33)43)12-13-30-40(7)16-15-31(52-32(49)22-38(3,4)37(50)51)39(5,6)29(40)14-17-42(30,41)9/h10-11,20,23,26,29-31H,12-19,21-22H2,1-9H3,(H,50,51). The van der Waals surface area contributed by atoms with E-state index >= 15 is 0 Å². The highest BCUT2D eigenvalue weighted by molar-refractivity contribution is 6.30. The number of esters is 1. The summed E-state index contributed by atoms with van der Waals surface area (Å²) in [5.41, 5.74) is 0.0453. The molecule has 1 aromatic carbocycles. The number of allylic oxidation sites excluding steroid dienone is 2. The zero-order chi connectivity index (χ0) is 38.7. The first-order valence-corrected chi connectivity index (χ1v) is 20.0. The monoisotopic (exact) mass is 750 g/mol. The predicted octanol–water partition coefficient (Wildman–Crippen LogP) is 10.2. The molecule has 10 heteroatoms. The van der Waals surface area contributed by atoms with Crippen molar-refractivity contribution in [1.82, 2.24) is 10.2 Å². The number of carbonyl (C=O) groups is 3. The molecule has 0 amide bonds. The second-order valence-corrected chi connectivity index (χ2v) is 20.0. The Morgan fingerprint density at radius 1 is 1.00 bits per heavy atom. The van der Waals surface area contributed by atoms with Gasteiger partial charge in [-0.05, 0) is 134 Å². The third-order valence-electron chi connectivity index (χ3n) is 15.8. The number of carboxylic acid groups (broad SMARTS) is 1. The normalized spacial score (nSPS) is 36.4. The predicted molar refractivity (Wildman–Crippen MR) is 199 cm³/mol. The number of ketones is 1. The number of benzene rings is 1. The van der Waals surface area contributed by atoms with Crippen LogP contribution in [0.1, 0.15) is 132 Å². The summed E-state index contributed by atoms with van der Waals surface area (Å²) < 4.78 is 27.5. The van der Waals surface area contributed by atoms with Crippen LogP contribution in [-0.4, -0.2) is 39.1 Å². The van der Waals surface area contributed by atoms with E-state index in [1.54, 1.807) is 26.0 Å². The van der Waals surface area contributed by atoms with Crippen molar-refractivity contribution in [3.05, 3.63) is 46.1 Å². The van der Waals surface area contributed by atoms with E-state index in [1.165, 1.54) is 11.6 Å². The molecule has 4 saturated carbocycles. The Bertz CT molecular complexity index is 1900. The van der Waals surface area contributed by atoms with E-state index in [0.717, 1.165) is 50.5 Å². The van der Waals surface area contributed by atoms with E-state index in [4.69, 9.17) is 20.8 Å². The second kappa shape index (κ2) is 12.5. The first kappa shape index (κ1) is 38.2. The summed E-state index contributed by atoms with van der Waals surface area (Å²) in [6, 6.07) is 4.40. The minimum Gasteiger partial charge on any atom is -0.481 e. The molecule has 0 saturated heterocycles. The Hall–Kier alpha value is -3.07. The molecule has 288 valence electrons. The summed E-state index contributed by atoms with van der Waals surface area (Å²) in [5.74, 6) is -0.351. The van der Waals surface area contributed by atoms with Gasteiger partial charge in [0.05, 0.1) is 22.8 Å². The molecular weight excluding hydrogens is 695 g/mol. The van der Waals surface area contributed by atoms with Gasteiger partial charge in [-0.15, -0.1) is 10.2 Å². The molecule has 8 unspecified atom stereocenters. The lowest BCUT2D eigenvalue weighted by Gasteiger charge is -2.72. The molecule has 8 nitrogen and oxygen atoms in total. The lowest BCUT2D eigenvalue weighted by atomic mass is 9.33. The molecule has 7 rings (SSSR count). The van der Waals surface area contributed by atoms with Crippen molar-refractivity contribution in [1.29, 1.82) is 0 Å². The van der Waals surface area contributed by atoms with Crippen molar-refractivity contribution in [2.75, 3.05) is 0 Å². The maximum Gasteiger partial charge on any atom is 0.309 e. The number of rotatable bonds is 7. The summed E-state index contributed by atoms with van der Waals surface area (Å²) in [4.78, 5) is 39.0. The summed E-state index contributed by atoms with van der Waals surface area (Å²) in [5, 5.41) is 18.8. The fourth-order valence-electron chi connectivity index (χ4n) is 12.9. The molecule has 8 atom stereocenters. The van der Waals surface area contributed by atoms with Crippen molar-refractivity contribution in [2.24, 2.45) is 50.7 Å². The van der Waals surface area contributed by atoms with Crippen LogP contribution in [0.2, 0.25) is 5.02 Å². The summed E-state index contributed by atoms with van der Waals surface area (Å²) in [7, 11) is 0. The number of hydrogen-bond acceptors (Lipinski definition) is 7. The summed E-state index contributed by atoms with van der Waals surface area (Å²) in [6.07, 6.45) is 7.20. The number of fused-ring (bicyclic) bond motifs is 7.